The van der Waals surface area contributed by atoms with Gasteiger partial charge in [-0.3, -0.25) is 5.26 Å². The first-order valence-corrected chi connectivity index (χ1v) is 2.10. The van der Waals surface area contributed by atoms with Crippen LogP contribution in [0.1, 0.15) is 6.92 Å². The van der Waals surface area contributed by atoms with Gasteiger partial charge in [0.05, 0.1) is 6.61 Å². The summed E-state index contributed by atoms with van der Waals surface area (Å²) in [5.41, 5.74) is 0. The van der Waals surface area contributed by atoms with Crippen molar-refractivity contribution in [2.24, 2.45) is 0 Å². The largest absolute Gasteiger partial charge is 0.382 e. The van der Waals surface area contributed by atoms with Crippen LogP contribution in [-0.2, 0) is 9.62 Å². The van der Waals surface area contributed by atoms with Gasteiger partial charge in [-0.2, -0.15) is 0 Å². The van der Waals surface area contributed by atoms with Crippen LogP contribution in [0.25, 0.3) is 0 Å². The van der Waals surface area contributed by atoms with Crippen molar-refractivity contribution in [3.05, 3.63) is 0 Å². The average molecular weight is 106 g/mol. The normalized spacial score (nSPS) is 14.1. The summed E-state index contributed by atoms with van der Waals surface area (Å²) in [5, 5.41) is 7.89. The quantitative estimate of drug-likeness (QED) is 0.421. The summed E-state index contributed by atoms with van der Waals surface area (Å²) in [7, 11) is 1.55. The van der Waals surface area contributed by atoms with E-state index in [-0.39, 0.29) is 6.10 Å². The summed E-state index contributed by atoms with van der Waals surface area (Å²) in [6, 6.07) is 0. The molecule has 0 radical (unpaired) electrons. The van der Waals surface area contributed by atoms with Crippen LogP contribution in [0.2, 0.25) is 0 Å². The molecule has 44 valence electrons. The summed E-state index contributed by atoms with van der Waals surface area (Å²) in [5.74, 6) is 0. The van der Waals surface area contributed by atoms with Gasteiger partial charge >= 0.3 is 0 Å². The van der Waals surface area contributed by atoms with Crippen LogP contribution in [0.5, 0.6) is 0 Å². The molecular formula is C4H10O3. The van der Waals surface area contributed by atoms with Crippen molar-refractivity contribution < 1.29 is 14.9 Å². The standard InChI is InChI=1S/C4H10O3/c1-4(7-5)3-6-2/h4-5H,3H2,1-2H3. The third-order valence-corrected chi connectivity index (χ3v) is 0.581. The summed E-state index contributed by atoms with van der Waals surface area (Å²) >= 11 is 0. The van der Waals surface area contributed by atoms with E-state index in [9.17, 15) is 0 Å². The molecule has 0 saturated heterocycles. The Labute approximate surface area is 42.8 Å². The predicted octanol–water partition coefficient (Wildman–Crippen LogP) is 0.511. The monoisotopic (exact) mass is 106 g/mol. The van der Waals surface area contributed by atoms with Crippen LogP contribution in [0, 0.1) is 0 Å². The minimum absolute atomic E-state index is 0.218. The zero-order valence-corrected chi connectivity index (χ0v) is 4.55. The fourth-order valence-electron chi connectivity index (χ4n) is 0.265. The van der Waals surface area contributed by atoms with Crippen molar-refractivity contribution in [1.29, 1.82) is 0 Å². The maximum absolute atomic E-state index is 7.89. The number of hydrogen-bond acceptors (Lipinski definition) is 3. The molecule has 3 heteroatoms. The van der Waals surface area contributed by atoms with Crippen molar-refractivity contribution in [2.45, 2.75) is 13.0 Å². The van der Waals surface area contributed by atoms with Gasteiger partial charge in [-0.15, -0.1) is 0 Å². The zero-order valence-electron chi connectivity index (χ0n) is 4.55. The van der Waals surface area contributed by atoms with Crippen LogP contribution < -0.4 is 0 Å². The molecule has 0 amide bonds. The molecule has 0 heterocycles. The fraction of sp³-hybridized carbons (Fsp3) is 1.00. The van der Waals surface area contributed by atoms with E-state index in [1.165, 1.54) is 0 Å². The topological polar surface area (TPSA) is 38.7 Å². The molecule has 0 aromatic rings. The highest BCUT2D eigenvalue weighted by Gasteiger charge is 1.95. The highest BCUT2D eigenvalue weighted by atomic mass is 17.1. The number of ether oxygens (including phenoxy) is 1. The predicted molar refractivity (Wildman–Crippen MR) is 25.1 cm³/mol. The molecule has 0 fully saturated rings. The Hall–Kier alpha value is -0.120. The summed E-state index contributed by atoms with van der Waals surface area (Å²) in [6.07, 6.45) is -0.218. The van der Waals surface area contributed by atoms with E-state index in [4.69, 9.17) is 5.26 Å². The molecule has 0 bridgehead atoms. The van der Waals surface area contributed by atoms with Crippen LogP contribution >= 0.6 is 0 Å². The smallest absolute Gasteiger partial charge is 0.113 e. The molecule has 0 saturated carbocycles. The van der Waals surface area contributed by atoms with Gasteiger partial charge in [0, 0.05) is 7.11 Å². The fourth-order valence-corrected chi connectivity index (χ4v) is 0.265. The van der Waals surface area contributed by atoms with Crippen molar-refractivity contribution >= 4 is 0 Å². The van der Waals surface area contributed by atoms with Gasteiger partial charge in [-0.1, -0.05) is 0 Å². The molecule has 0 spiro atoms. The molecule has 1 atom stereocenters. The Morgan fingerprint density at radius 1 is 1.71 bits per heavy atom. The van der Waals surface area contributed by atoms with E-state index in [1.54, 1.807) is 14.0 Å². The van der Waals surface area contributed by atoms with Crippen LogP contribution in [-0.4, -0.2) is 25.1 Å². The molecule has 1 N–H and O–H groups in total. The lowest BCUT2D eigenvalue weighted by Crippen LogP contribution is -2.11. The molecular weight excluding hydrogens is 96.0 g/mol. The van der Waals surface area contributed by atoms with Gasteiger partial charge in [0.25, 0.3) is 0 Å². The van der Waals surface area contributed by atoms with E-state index in [2.05, 4.69) is 9.62 Å². The first-order valence-electron chi connectivity index (χ1n) is 2.10. The van der Waals surface area contributed by atoms with Gasteiger partial charge in [0.2, 0.25) is 0 Å². The lowest BCUT2D eigenvalue weighted by atomic mass is 10.4. The third-order valence-electron chi connectivity index (χ3n) is 0.581. The van der Waals surface area contributed by atoms with E-state index in [0.29, 0.717) is 6.61 Å². The Morgan fingerprint density at radius 3 is 2.43 bits per heavy atom. The molecule has 0 aliphatic heterocycles. The lowest BCUT2D eigenvalue weighted by molar-refractivity contribution is -0.281. The van der Waals surface area contributed by atoms with Crippen LogP contribution in [0.4, 0.5) is 0 Å². The Kier molecular flexibility index (Phi) is 3.98. The molecule has 0 aliphatic carbocycles. The van der Waals surface area contributed by atoms with Crippen LogP contribution in [0.15, 0.2) is 0 Å². The molecule has 1 unspecified atom stereocenters. The number of methoxy groups -OCH3 is 1. The molecule has 0 aliphatic rings. The zero-order chi connectivity index (χ0) is 5.70. The van der Waals surface area contributed by atoms with E-state index in [0.717, 1.165) is 0 Å². The Bertz CT molecular complexity index is 37.9. The Balaban J connectivity index is 2.83. The second-order valence-corrected chi connectivity index (χ2v) is 1.37. The maximum Gasteiger partial charge on any atom is 0.113 e. The highest BCUT2D eigenvalue weighted by molar-refractivity contribution is 4.39. The Morgan fingerprint density at radius 2 is 2.29 bits per heavy atom. The summed E-state index contributed by atoms with van der Waals surface area (Å²) in [4.78, 5) is 3.87. The summed E-state index contributed by atoms with van der Waals surface area (Å²) in [6.45, 7) is 2.14. The lowest BCUT2D eigenvalue weighted by Gasteiger charge is -2.02. The average Bonchev–Trinajstić information content (AvgIpc) is 1.68. The van der Waals surface area contributed by atoms with Gasteiger partial charge in [-0.05, 0) is 6.92 Å². The number of rotatable bonds is 3. The SMILES string of the molecule is COCC(C)OO. The molecule has 7 heavy (non-hydrogen) atoms. The van der Waals surface area contributed by atoms with Gasteiger partial charge in [0.15, 0.2) is 0 Å². The number of hydrogen-bond donors (Lipinski definition) is 1. The van der Waals surface area contributed by atoms with Crippen LogP contribution in [0.3, 0.4) is 0 Å². The van der Waals surface area contributed by atoms with E-state index < -0.39 is 0 Å². The van der Waals surface area contributed by atoms with Gasteiger partial charge in [0.1, 0.15) is 6.10 Å². The second kappa shape index (κ2) is 4.05. The van der Waals surface area contributed by atoms with Crippen molar-refractivity contribution in [3.63, 3.8) is 0 Å². The molecule has 0 aromatic carbocycles. The first-order chi connectivity index (χ1) is 3.31. The van der Waals surface area contributed by atoms with Crippen molar-refractivity contribution in [1.82, 2.24) is 0 Å². The maximum atomic E-state index is 7.89. The summed E-state index contributed by atoms with van der Waals surface area (Å²) < 4.78 is 4.61. The molecule has 3 nitrogen and oxygen atoms in total. The van der Waals surface area contributed by atoms with Crippen molar-refractivity contribution in [2.75, 3.05) is 13.7 Å². The molecule has 0 rings (SSSR count). The van der Waals surface area contributed by atoms with Gasteiger partial charge < -0.3 is 4.74 Å². The first kappa shape index (κ1) is 6.88. The van der Waals surface area contributed by atoms with E-state index >= 15 is 0 Å². The third kappa shape index (κ3) is 3.72. The minimum atomic E-state index is -0.218. The minimum Gasteiger partial charge on any atom is -0.382 e. The highest BCUT2D eigenvalue weighted by Crippen LogP contribution is 1.84. The molecule has 0 aromatic heterocycles. The van der Waals surface area contributed by atoms with E-state index in [1.807, 2.05) is 0 Å². The van der Waals surface area contributed by atoms with Gasteiger partial charge in [-0.25, -0.2) is 4.89 Å². The van der Waals surface area contributed by atoms with Crippen molar-refractivity contribution in [3.8, 4) is 0 Å². The second-order valence-electron chi connectivity index (χ2n) is 1.37.